The van der Waals surface area contributed by atoms with Crippen LogP contribution in [0.15, 0.2) is 22.6 Å². The number of hydrogen-bond donors (Lipinski definition) is 3. The first-order valence-corrected chi connectivity index (χ1v) is 13.8. The number of alkyl halides is 3. The summed E-state index contributed by atoms with van der Waals surface area (Å²) in [5, 5.41) is 24.3. The van der Waals surface area contributed by atoms with Gasteiger partial charge in [0.2, 0.25) is 0 Å². The molecule has 0 bridgehead atoms. The van der Waals surface area contributed by atoms with Crippen molar-refractivity contribution in [3.63, 3.8) is 0 Å². The van der Waals surface area contributed by atoms with Crippen LogP contribution in [0.1, 0.15) is 85.3 Å². The highest BCUT2D eigenvalue weighted by atomic mass is 19.4. The van der Waals surface area contributed by atoms with Crippen molar-refractivity contribution in [1.82, 2.24) is 15.2 Å². The zero-order chi connectivity index (χ0) is 29.4. The molecule has 2 heterocycles. The first-order valence-electron chi connectivity index (χ1n) is 13.8. The maximum Gasteiger partial charge on any atom is 0.405 e. The summed E-state index contributed by atoms with van der Waals surface area (Å²) in [6, 6.07) is 5.58. The fourth-order valence-corrected chi connectivity index (χ4v) is 4.47. The zero-order valence-electron chi connectivity index (χ0n) is 24.5. The van der Waals surface area contributed by atoms with Crippen LogP contribution in [-0.2, 0) is 5.41 Å². The molecule has 3 N–H and O–H groups in total. The second kappa shape index (κ2) is 14.0. The number of fused-ring (bicyclic) bond motifs is 1. The van der Waals surface area contributed by atoms with E-state index < -0.39 is 12.7 Å². The molecule has 10 heteroatoms. The normalized spacial score (nSPS) is 17.2. The van der Waals surface area contributed by atoms with Gasteiger partial charge in [-0.2, -0.15) is 13.2 Å². The van der Waals surface area contributed by atoms with Crippen LogP contribution >= 0.6 is 0 Å². The van der Waals surface area contributed by atoms with E-state index in [0.29, 0.717) is 16.9 Å². The van der Waals surface area contributed by atoms with E-state index in [1.807, 2.05) is 41.5 Å². The van der Waals surface area contributed by atoms with Crippen molar-refractivity contribution in [2.45, 2.75) is 98.7 Å². The highest BCUT2D eigenvalue weighted by Crippen LogP contribution is 2.36. The van der Waals surface area contributed by atoms with Gasteiger partial charge in [-0.15, -0.1) is 5.10 Å². The van der Waals surface area contributed by atoms with Crippen molar-refractivity contribution < 1.29 is 22.7 Å². The Kier molecular flexibility index (Phi) is 11.6. The molecule has 0 saturated heterocycles. The maximum absolute atomic E-state index is 12.8. The molecular weight excluding hydrogens is 507 g/mol. The number of aliphatic hydroxyl groups is 1. The van der Waals surface area contributed by atoms with Gasteiger partial charge >= 0.3 is 12.2 Å². The summed E-state index contributed by atoms with van der Waals surface area (Å²) in [4.78, 5) is 4.78. The van der Waals surface area contributed by atoms with Crippen LogP contribution < -0.4 is 10.6 Å². The lowest BCUT2D eigenvalue weighted by Gasteiger charge is -2.23. The summed E-state index contributed by atoms with van der Waals surface area (Å²) in [5.74, 6) is 0.413. The number of rotatable bonds is 6. The van der Waals surface area contributed by atoms with E-state index in [4.69, 9.17) is 9.40 Å². The first kappa shape index (κ1) is 32.3. The van der Waals surface area contributed by atoms with Crippen molar-refractivity contribution in [3.05, 3.63) is 29.3 Å². The van der Waals surface area contributed by atoms with E-state index in [2.05, 4.69) is 34.7 Å². The minimum atomic E-state index is -4.31. The number of aliphatic hydroxyl groups excluding tert-OH is 1. The molecule has 0 amide bonds. The van der Waals surface area contributed by atoms with Gasteiger partial charge in [-0.05, 0) is 54.5 Å². The molecule has 1 aliphatic rings. The van der Waals surface area contributed by atoms with Crippen LogP contribution in [0.5, 0.6) is 0 Å². The van der Waals surface area contributed by atoms with E-state index in [9.17, 15) is 18.3 Å². The number of benzene rings is 1. The molecule has 2 atom stereocenters. The fraction of sp³-hybridized carbons (Fsp3) is 0.621. The Bertz CT molecular complexity index is 1190. The van der Waals surface area contributed by atoms with Gasteiger partial charge in [0.05, 0.1) is 5.52 Å². The number of nitrogens with zero attached hydrogens (tertiary/aromatic N) is 3. The summed E-state index contributed by atoms with van der Waals surface area (Å²) in [6.07, 6.45) is -0.149. The Morgan fingerprint density at radius 1 is 1.05 bits per heavy atom. The third-order valence-electron chi connectivity index (χ3n) is 6.27. The summed E-state index contributed by atoms with van der Waals surface area (Å²) in [6.45, 7) is 15.1. The number of aryl methyl sites for hydroxylation is 1. The smallest absolute Gasteiger partial charge is 0.402 e. The molecular formula is C29H44F3N5O2. The fourth-order valence-electron chi connectivity index (χ4n) is 4.47. The topological polar surface area (TPSA) is 96.1 Å². The molecule has 0 spiro atoms. The van der Waals surface area contributed by atoms with E-state index >= 15 is 0 Å². The maximum atomic E-state index is 12.8. The van der Waals surface area contributed by atoms with Crippen molar-refractivity contribution in [2.75, 3.05) is 23.8 Å². The largest absolute Gasteiger partial charge is 0.405 e. The molecule has 3 aromatic rings. The molecule has 2 unspecified atom stereocenters. The van der Waals surface area contributed by atoms with Gasteiger partial charge in [-0.25, -0.2) is 4.98 Å². The van der Waals surface area contributed by atoms with Gasteiger partial charge in [0.15, 0.2) is 0 Å². The molecule has 0 radical (unpaired) electrons. The quantitative estimate of drug-likeness (QED) is 0.287. The van der Waals surface area contributed by atoms with E-state index in [1.165, 1.54) is 6.42 Å². The Morgan fingerprint density at radius 2 is 1.72 bits per heavy atom. The van der Waals surface area contributed by atoms with Gasteiger partial charge in [-0.1, -0.05) is 66.4 Å². The van der Waals surface area contributed by atoms with Crippen LogP contribution in [0.4, 0.5) is 24.9 Å². The van der Waals surface area contributed by atoms with E-state index in [-0.39, 0.29) is 35.9 Å². The summed E-state index contributed by atoms with van der Waals surface area (Å²) in [7, 11) is 0. The number of pyridine rings is 1. The predicted molar refractivity (Wildman–Crippen MR) is 152 cm³/mol. The van der Waals surface area contributed by atoms with Crippen LogP contribution in [0, 0.1) is 12.8 Å². The van der Waals surface area contributed by atoms with Crippen molar-refractivity contribution in [1.29, 1.82) is 0 Å². The van der Waals surface area contributed by atoms with Crippen LogP contribution in [0.25, 0.3) is 22.5 Å². The van der Waals surface area contributed by atoms with Crippen LogP contribution in [-0.4, -0.2) is 45.7 Å². The minimum absolute atomic E-state index is 0.0831. The van der Waals surface area contributed by atoms with Crippen LogP contribution in [0.3, 0.4) is 0 Å². The van der Waals surface area contributed by atoms with Crippen LogP contribution in [0.2, 0.25) is 0 Å². The first-order chi connectivity index (χ1) is 18.4. The average molecular weight is 552 g/mol. The molecule has 4 rings (SSSR count). The number of hydrogen-bond acceptors (Lipinski definition) is 7. The van der Waals surface area contributed by atoms with Gasteiger partial charge in [0.1, 0.15) is 12.2 Å². The lowest BCUT2D eigenvalue weighted by Crippen LogP contribution is -2.26. The highest BCUT2D eigenvalue weighted by molar-refractivity contribution is 5.90. The number of aromatic nitrogens is 3. The van der Waals surface area contributed by atoms with Gasteiger partial charge < -0.3 is 20.2 Å². The summed E-state index contributed by atoms with van der Waals surface area (Å²) < 4.78 is 44.1. The van der Waals surface area contributed by atoms with Crippen molar-refractivity contribution in [2.24, 2.45) is 5.92 Å². The Labute approximate surface area is 230 Å². The third kappa shape index (κ3) is 8.81. The van der Waals surface area contributed by atoms with E-state index in [0.717, 1.165) is 35.8 Å². The lowest BCUT2D eigenvalue weighted by molar-refractivity contribution is -0.115. The molecule has 1 aromatic carbocycles. The second-order valence-electron chi connectivity index (χ2n) is 10.7. The number of nitrogens with one attached hydrogen (secondary N) is 2. The SMILES string of the molecule is CC.CCC.Cc1cc(-c2nnc(NC3CCCC3CO)o2)nc2c(C(C)(C)C)cc(NCC(F)(F)F)cc12. The Hall–Kier alpha value is -2.88. The second-order valence-corrected chi connectivity index (χ2v) is 10.7. The number of halogens is 3. The lowest BCUT2D eigenvalue weighted by atomic mass is 9.84. The van der Waals surface area contributed by atoms with Gasteiger partial charge in [-0.3, -0.25) is 0 Å². The standard InChI is InChI=1S/C24H30F3N5O2.C3H8.C2H6/c1-13-8-19(21-31-32-22(34-21)30-18-7-5-6-14(18)11-33)29-20-16(13)9-15(28-12-24(25,26)27)10-17(20)23(2,3)4;1-3-2;1-2/h8-10,14,18,28,33H,5-7,11-12H2,1-4H3,(H,30,32);3H2,1-2H3;1-2H3. The molecule has 218 valence electrons. The molecule has 1 aliphatic carbocycles. The van der Waals surface area contributed by atoms with Gasteiger partial charge in [0, 0.05) is 29.6 Å². The molecule has 1 fully saturated rings. The monoisotopic (exact) mass is 551 g/mol. The summed E-state index contributed by atoms with van der Waals surface area (Å²) in [5.41, 5.74) is 2.86. The highest BCUT2D eigenvalue weighted by Gasteiger charge is 2.29. The van der Waals surface area contributed by atoms with Crippen molar-refractivity contribution >= 4 is 22.6 Å². The Balaban J connectivity index is 0.000000998. The van der Waals surface area contributed by atoms with Gasteiger partial charge in [0.25, 0.3) is 5.89 Å². The molecule has 2 aromatic heterocycles. The predicted octanol–water partition coefficient (Wildman–Crippen LogP) is 7.88. The molecule has 1 saturated carbocycles. The molecule has 7 nitrogen and oxygen atoms in total. The zero-order valence-corrected chi connectivity index (χ0v) is 24.5. The van der Waals surface area contributed by atoms with Crippen molar-refractivity contribution in [3.8, 4) is 11.6 Å². The number of anilines is 2. The average Bonchev–Trinajstić information content (AvgIpc) is 3.53. The Morgan fingerprint density at radius 3 is 2.31 bits per heavy atom. The minimum Gasteiger partial charge on any atom is -0.402 e. The van der Waals surface area contributed by atoms with E-state index in [1.54, 1.807) is 18.2 Å². The molecule has 39 heavy (non-hydrogen) atoms. The third-order valence-corrected chi connectivity index (χ3v) is 6.27. The molecule has 0 aliphatic heterocycles. The summed E-state index contributed by atoms with van der Waals surface area (Å²) >= 11 is 0.